The van der Waals surface area contributed by atoms with Gasteiger partial charge in [0.2, 0.25) is 17.6 Å². The highest BCUT2D eigenvalue weighted by Gasteiger charge is 2.65. The van der Waals surface area contributed by atoms with E-state index in [0.29, 0.717) is 0 Å². The van der Waals surface area contributed by atoms with Gasteiger partial charge in [-0.15, -0.1) is 0 Å². The van der Waals surface area contributed by atoms with Gasteiger partial charge in [-0.2, -0.15) is 0 Å². The maximum atomic E-state index is 13.9. The Hall–Kier alpha value is -4.46. The minimum Gasteiger partial charge on any atom is -0.465 e. The first-order chi connectivity index (χ1) is 17.0. The van der Waals surface area contributed by atoms with Gasteiger partial charge in [-0.05, 0) is 41.5 Å². The van der Waals surface area contributed by atoms with Crippen molar-refractivity contribution >= 4 is 35.3 Å². The van der Waals surface area contributed by atoms with E-state index >= 15 is 0 Å². The molecule has 2 aromatic carbocycles. The second-order valence-corrected chi connectivity index (χ2v) is 8.70. The lowest BCUT2D eigenvalue weighted by Crippen LogP contribution is -2.44. The van der Waals surface area contributed by atoms with Crippen LogP contribution in [0.3, 0.4) is 0 Å². The summed E-state index contributed by atoms with van der Waals surface area (Å²) in [6, 6.07) is 15.7. The minimum absolute atomic E-state index is 0.103. The lowest BCUT2D eigenvalue weighted by molar-refractivity contribution is -0.123. The SMILES string of the molecule is COC(=O)c1ccccc1N1C(=O)[C@@H]2[C@H](C1=O)[C@@H]1c3ccccc3C=CN1[C@H]2C(=O)c1ccco1. The van der Waals surface area contributed by atoms with Crippen LogP contribution in [-0.4, -0.2) is 41.6 Å². The number of fused-ring (bicyclic) bond motifs is 5. The summed E-state index contributed by atoms with van der Waals surface area (Å²) in [5.41, 5.74) is 2.04. The molecule has 0 N–H and O–H groups in total. The number of rotatable bonds is 4. The monoisotopic (exact) mass is 468 g/mol. The Labute approximate surface area is 200 Å². The average molecular weight is 468 g/mol. The normalized spacial score (nSPS) is 24.3. The first kappa shape index (κ1) is 21.1. The van der Waals surface area contributed by atoms with Crippen LogP contribution in [-0.2, 0) is 14.3 Å². The molecule has 0 radical (unpaired) electrons. The molecule has 35 heavy (non-hydrogen) atoms. The first-order valence-corrected chi connectivity index (χ1v) is 11.2. The third kappa shape index (κ3) is 2.92. The number of benzene rings is 2. The Morgan fingerprint density at radius 1 is 0.914 bits per heavy atom. The molecule has 2 saturated heterocycles. The van der Waals surface area contributed by atoms with Gasteiger partial charge in [-0.3, -0.25) is 14.4 Å². The Morgan fingerprint density at radius 3 is 2.43 bits per heavy atom. The fourth-order valence-electron chi connectivity index (χ4n) is 5.61. The van der Waals surface area contributed by atoms with Crippen molar-refractivity contribution in [1.82, 2.24) is 4.90 Å². The fourth-order valence-corrected chi connectivity index (χ4v) is 5.61. The van der Waals surface area contributed by atoms with Gasteiger partial charge in [0.15, 0.2) is 5.76 Å². The molecule has 0 aliphatic carbocycles. The number of ketones is 1. The van der Waals surface area contributed by atoms with Crippen molar-refractivity contribution in [3.05, 3.63) is 95.6 Å². The van der Waals surface area contributed by atoms with E-state index in [0.717, 1.165) is 16.0 Å². The van der Waals surface area contributed by atoms with Gasteiger partial charge in [-0.1, -0.05) is 36.4 Å². The van der Waals surface area contributed by atoms with E-state index in [9.17, 15) is 19.2 Å². The molecule has 3 aromatic rings. The second kappa shape index (κ2) is 7.80. The van der Waals surface area contributed by atoms with Crippen molar-refractivity contribution in [2.45, 2.75) is 12.1 Å². The average Bonchev–Trinajstić information content (AvgIpc) is 3.60. The fraction of sp³-hybridized carbons (Fsp3) is 0.185. The second-order valence-electron chi connectivity index (χ2n) is 8.70. The van der Waals surface area contributed by atoms with E-state index in [2.05, 4.69) is 0 Å². The summed E-state index contributed by atoms with van der Waals surface area (Å²) in [6.07, 6.45) is 5.07. The number of ether oxygens (including phenoxy) is 1. The van der Waals surface area contributed by atoms with Crippen molar-refractivity contribution in [3.8, 4) is 0 Å². The molecule has 3 aliphatic rings. The van der Waals surface area contributed by atoms with Gasteiger partial charge >= 0.3 is 5.97 Å². The molecule has 4 atom stereocenters. The molecule has 2 fully saturated rings. The van der Waals surface area contributed by atoms with Crippen LogP contribution in [0.25, 0.3) is 6.08 Å². The topological polar surface area (TPSA) is 97.1 Å². The van der Waals surface area contributed by atoms with E-state index in [-0.39, 0.29) is 22.8 Å². The molecule has 0 saturated carbocycles. The Bertz CT molecular complexity index is 1410. The van der Waals surface area contributed by atoms with Gasteiger partial charge in [0, 0.05) is 6.20 Å². The van der Waals surface area contributed by atoms with Gasteiger partial charge in [0.25, 0.3) is 0 Å². The molecule has 6 rings (SSSR count). The summed E-state index contributed by atoms with van der Waals surface area (Å²) in [5, 5.41) is 0. The zero-order chi connectivity index (χ0) is 24.3. The molecule has 0 unspecified atom stereocenters. The molecule has 1 aromatic heterocycles. The Balaban J connectivity index is 1.51. The standard InChI is InChI=1S/C27H20N2O6/c1-34-27(33)17-9-4-5-10-18(17)29-25(31)20-21(26(29)32)23(24(30)19-11-6-14-35-19)28-13-12-15-7-2-3-8-16(15)22(20)28/h2-14,20-23H,1H3/t20-,21+,22-,23+/m0/s1. The van der Waals surface area contributed by atoms with Crippen LogP contribution in [0.5, 0.6) is 0 Å². The molecule has 8 heteroatoms. The van der Waals surface area contributed by atoms with E-state index in [4.69, 9.17) is 9.15 Å². The summed E-state index contributed by atoms with van der Waals surface area (Å²) < 4.78 is 10.2. The van der Waals surface area contributed by atoms with Crippen molar-refractivity contribution in [3.63, 3.8) is 0 Å². The van der Waals surface area contributed by atoms with Crippen molar-refractivity contribution in [1.29, 1.82) is 0 Å². The first-order valence-electron chi connectivity index (χ1n) is 11.2. The zero-order valence-corrected chi connectivity index (χ0v) is 18.7. The summed E-state index contributed by atoms with van der Waals surface area (Å²) >= 11 is 0. The highest BCUT2D eigenvalue weighted by molar-refractivity contribution is 6.26. The van der Waals surface area contributed by atoms with E-state index in [1.807, 2.05) is 35.2 Å². The number of imide groups is 1. The zero-order valence-electron chi connectivity index (χ0n) is 18.7. The number of furan rings is 1. The lowest BCUT2D eigenvalue weighted by Gasteiger charge is -2.35. The molecule has 3 aliphatic heterocycles. The molecular formula is C27H20N2O6. The molecule has 8 nitrogen and oxygen atoms in total. The summed E-state index contributed by atoms with van der Waals surface area (Å²) in [6.45, 7) is 0. The third-order valence-corrected chi connectivity index (χ3v) is 7.04. The number of amides is 2. The van der Waals surface area contributed by atoms with Crippen molar-refractivity contribution in [2.75, 3.05) is 12.0 Å². The predicted octanol–water partition coefficient (Wildman–Crippen LogP) is 3.46. The van der Waals surface area contributed by atoms with E-state index < -0.39 is 41.7 Å². The number of anilines is 1. The summed E-state index contributed by atoms with van der Waals surface area (Å²) in [7, 11) is 1.24. The van der Waals surface area contributed by atoms with Gasteiger partial charge in [0.1, 0.15) is 6.04 Å². The number of Topliss-reactive ketones (excluding diaryl/α,β-unsaturated/α-hetero) is 1. The Morgan fingerprint density at radius 2 is 1.66 bits per heavy atom. The predicted molar refractivity (Wildman–Crippen MR) is 124 cm³/mol. The van der Waals surface area contributed by atoms with Crippen LogP contribution >= 0.6 is 0 Å². The van der Waals surface area contributed by atoms with Crippen molar-refractivity contribution in [2.24, 2.45) is 11.8 Å². The third-order valence-electron chi connectivity index (χ3n) is 7.04. The lowest BCUT2D eigenvalue weighted by atomic mass is 9.84. The number of nitrogens with zero attached hydrogens (tertiary/aromatic N) is 2. The smallest absolute Gasteiger partial charge is 0.339 e. The van der Waals surface area contributed by atoms with E-state index in [1.165, 1.54) is 19.4 Å². The maximum absolute atomic E-state index is 13.9. The number of hydrogen-bond acceptors (Lipinski definition) is 7. The van der Waals surface area contributed by atoms with Crippen LogP contribution in [0, 0.1) is 11.8 Å². The molecule has 2 amide bonds. The van der Waals surface area contributed by atoms with E-state index in [1.54, 1.807) is 36.5 Å². The number of methoxy groups -OCH3 is 1. The number of para-hydroxylation sites is 1. The van der Waals surface area contributed by atoms with Crippen LogP contribution in [0.1, 0.15) is 38.1 Å². The molecule has 0 bridgehead atoms. The number of esters is 1. The molecule has 0 spiro atoms. The van der Waals surface area contributed by atoms with Gasteiger partial charge in [-0.25, -0.2) is 9.69 Å². The highest BCUT2D eigenvalue weighted by Crippen LogP contribution is 2.54. The van der Waals surface area contributed by atoms with Gasteiger partial charge in [0.05, 0.1) is 42.5 Å². The number of hydrogen-bond donors (Lipinski definition) is 0. The molecule has 4 heterocycles. The quantitative estimate of drug-likeness (QED) is 0.329. The maximum Gasteiger partial charge on any atom is 0.339 e. The largest absolute Gasteiger partial charge is 0.465 e. The van der Waals surface area contributed by atoms with Crippen LogP contribution in [0.2, 0.25) is 0 Å². The summed E-state index contributed by atoms with van der Waals surface area (Å²) in [5.74, 6) is -3.66. The van der Waals surface area contributed by atoms with Gasteiger partial charge < -0.3 is 14.1 Å². The van der Waals surface area contributed by atoms with Crippen LogP contribution in [0.4, 0.5) is 5.69 Å². The number of carbonyl (C=O) groups is 4. The van der Waals surface area contributed by atoms with Crippen LogP contribution in [0.15, 0.2) is 77.5 Å². The van der Waals surface area contributed by atoms with Crippen molar-refractivity contribution < 1.29 is 28.3 Å². The van der Waals surface area contributed by atoms with Crippen LogP contribution < -0.4 is 4.90 Å². The number of carbonyl (C=O) groups excluding carboxylic acids is 4. The minimum atomic E-state index is -0.952. The highest BCUT2D eigenvalue weighted by atomic mass is 16.5. The molecular weight excluding hydrogens is 448 g/mol. The molecule has 174 valence electrons. The summed E-state index contributed by atoms with van der Waals surface area (Å²) in [4.78, 5) is 56.7. The Kier molecular flexibility index (Phi) is 4.70.